The predicted octanol–water partition coefficient (Wildman–Crippen LogP) is 3.65. The van der Waals surface area contributed by atoms with Crippen molar-refractivity contribution in [3.63, 3.8) is 0 Å². The molecular weight excluding hydrogens is 336 g/mol. The summed E-state index contributed by atoms with van der Waals surface area (Å²) in [6.07, 6.45) is 1.70. The lowest BCUT2D eigenvalue weighted by molar-refractivity contribution is -0.125. The third kappa shape index (κ3) is 3.63. The number of nitrogens with one attached hydrogen (secondary N) is 1. The van der Waals surface area contributed by atoms with Gasteiger partial charge in [-0.1, -0.05) is 42.5 Å². The van der Waals surface area contributed by atoms with Crippen LogP contribution in [0.1, 0.15) is 19.8 Å². The summed E-state index contributed by atoms with van der Waals surface area (Å²) < 4.78 is 0. The number of hydrogen-bond acceptors (Lipinski definition) is 4. The van der Waals surface area contributed by atoms with Crippen LogP contribution in [0.3, 0.4) is 0 Å². The molecule has 1 fully saturated rings. The molecule has 138 valence electrons. The Morgan fingerprint density at radius 3 is 2.48 bits per heavy atom. The molecule has 1 N–H and O–H groups in total. The van der Waals surface area contributed by atoms with Crippen LogP contribution < -0.4 is 10.2 Å². The van der Waals surface area contributed by atoms with Gasteiger partial charge in [0.1, 0.15) is 5.82 Å². The third-order valence-corrected chi connectivity index (χ3v) is 5.13. The van der Waals surface area contributed by atoms with Crippen molar-refractivity contribution in [3.8, 4) is 11.4 Å². The van der Waals surface area contributed by atoms with Crippen molar-refractivity contribution in [1.29, 1.82) is 0 Å². The fourth-order valence-corrected chi connectivity index (χ4v) is 3.69. The number of aromatic nitrogens is 2. The molecule has 1 amide bonds. The first-order chi connectivity index (χ1) is 13.3. The zero-order valence-corrected chi connectivity index (χ0v) is 15.6. The van der Waals surface area contributed by atoms with Gasteiger partial charge in [-0.15, -0.1) is 0 Å². The van der Waals surface area contributed by atoms with E-state index in [4.69, 9.17) is 9.97 Å². The van der Waals surface area contributed by atoms with Crippen molar-refractivity contribution in [3.05, 3.63) is 54.6 Å². The van der Waals surface area contributed by atoms with E-state index in [1.165, 1.54) is 0 Å². The first kappa shape index (κ1) is 17.5. The summed E-state index contributed by atoms with van der Waals surface area (Å²) in [6, 6.07) is 18.2. The average molecular weight is 360 g/mol. The second-order valence-electron chi connectivity index (χ2n) is 6.91. The number of fused-ring (bicyclic) bond motifs is 1. The second kappa shape index (κ2) is 7.74. The molecule has 0 atom stereocenters. The predicted molar refractivity (Wildman–Crippen MR) is 109 cm³/mol. The van der Waals surface area contributed by atoms with E-state index in [-0.39, 0.29) is 11.8 Å². The normalized spacial score (nSPS) is 15.1. The number of hydrogen-bond donors (Lipinski definition) is 1. The minimum absolute atomic E-state index is 0.0999. The van der Waals surface area contributed by atoms with E-state index in [2.05, 4.69) is 16.3 Å². The van der Waals surface area contributed by atoms with Crippen molar-refractivity contribution in [2.75, 3.05) is 24.5 Å². The Bertz CT molecular complexity index is 933. The van der Waals surface area contributed by atoms with Gasteiger partial charge in [-0.25, -0.2) is 9.97 Å². The lowest BCUT2D eigenvalue weighted by Crippen LogP contribution is -2.41. The Hall–Kier alpha value is -2.95. The van der Waals surface area contributed by atoms with Crippen molar-refractivity contribution >= 4 is 22.6 Å². The van der Waals surface area contributed by atoms with Crippen molar-refractivity contribution in [2.45, 2.75) is 19.8 Å². The van der Waals surface area contributed by atoms with Crippen LogP contribution in [-0.4, -0.2) is 35.5 Å². The first-order valence-corrected chi connectivity index (χ1v) is 9.61. The Kier molecular flexibility index (Phi) is 5.01. The van der Waals surface area contributed by atoms with Gasteiger partial charge in [0.2, 0.25) is 5.91 Å². The molecule has 0 aliphatic carbocycles. The van der Waals surface area contributed by atoms with Crippen LogP contribution >= 0.6 is 0 Å². The van der Waals surface area contributed by atoms with Gasteiger partial charge >= 0.3 is 0 Å². The number of piperidine rings is 1. The molecule has 4 rings (SSSR count). The molecule has 2 aromatic carbocycles. The van der Waals surface area contributed by atoms with Crippen LogP contribution in [-0.2, 0) is 4.79 Å². The van der Waals surface area contributed by atoms with E-state index in [9.17, 15) is 4.79 Å². The van der Waals surface area contributed by atoms with Crippen LogP contribution in [0, 0.1) is 5.92 Å². The van der Waals surface area contributed by atoms with Crippen LogP contribution in [0.2, 0.25) is 0 Å². The fourth-order valence-electron chi connectivity index (χ4n) is 3.69. The molecule has 27 heavy (non-hydrogen) atoms. The van der Waals surface area contributed by atoms with E-state index in [0.717, 1.165) is 54.0 Å². The summed E-state index contributed by atoms with van der Waals surface area (Å²) >= 11 is 0. The molecule has 1 aromatic heterocycles. The minimum atomic E-state index is 0.0999. The highest BCUT2D eigenvalue weighted by atomic mass is 16.1. The molecule has 3 aromatic rings. The number of nitrogens with zero attached hydrogens (tertiary/aromatic N) is 3. The second-order valence-corrected chi connectivity index (χ2v) is 6.91. The number of anilines is 1. The summed E-state index contributed by atoms with van der Waals surface area (Å²) in [5.74, 6) is 1.99. The summed E-state index contributed by atoms with van der Waals surface area (Å²) in [6.45, 7) is 4.31. The summed E-state index contributed by atoms with van der Waals surface area (Å²) in [7, 11) is 0. The molecule has 5 nitrogen and oxygen atoms in total. The van der Waals surface area contributed by atoms with Crippen LogP contribution in [0.15, 0.2) is 54.6 Å². The molecule has 1 aliphatic rings. The molecule has 0 unspecified atom stereocenters. The van der Waals surface area contributed by atoms with E-state index in [1.807, 2.05) is 55.5 Å². The number of carbonyl (C=O) groups is 1. The number of carbonyl (C=O) groups excluding carboxylic acids is 1. The number of para-hydroxylation sites is 1. The molecule has 0 bridgehead atoms. The Labute approximate surface area is 159 Å². The quantitative estimate of drug-likeness (QED) is 0.772. The van der Waals surface area contributed by atoms with E-state index in [1.54, 1.807) is 0 Å². The molecular formula is C22H24N4O. The lowest BCUT2D eigenvalue weighted by atomic mass is 9.95. The lowest BCUT2D eigenvalue weighted by Gasteiger charge is -2.32. The van der Waals surface area contributed by atoms with Gasteiger partial charge < -0.3 is 10.2 Å². The Balaban J connectivity index is 1.66. The summed E-state index contributed by atoms with van der Waals surface area (Å²) in [5, 5.41) is 4.01. The highest BCUT2D eigenvalue weighted by molar-refractivity contribution is 5.91. The zero-order valence-electron chi connectivity index (χ0n) is 15.6. The van der Waals surface area contributed by atoms with Crippen LogP contribution in [0.5, 0.6) is 0 Å². The average Bonchev–Trinajstić information content (AvgIpc) is 2.74. The maximum atomic E-state index is 12.1. The van der Waals surface area contributed by atoms with Crippen molar-refractivity contribution < 1.29 is 4.79 Å². The van der Waals surface area contributed by atoms with Crippen molar-refractivity contribution in [1.82, 2.24) is 15.3 Å². The smallest absolute Gasteiger partial charge is 0.223 e. The van der Waals surface area contributed by atoms with Crippen LogP contribution in [0.4, 0.5) is 5.82 Å². The van der Waals surface area contributed by atoms with Gasteiger partial charge in [0, 0.05) is 36.5 Å². The Morgan fingerprint density at radius 1 is 1.04 bits per heavy atom. The highest BCUT2D eigenvalue weighted by Gasteiger charge is 2.26. The number of rotatable bonds is 4. The van der Waals surface area contributed by atoms with E-state index < -0.39 is 0 Å². The number of amides is 1. The molecule has 2 heterocycles. The van der Waals surface area contributed by atoms with Gasteiger partial charge in [0.25, 0.3) is 0 Å². The fraction of sp³-hybridized carbons (Fsp3) is 0.318. The maximum Gasteiger partial charge on any atom is 0.223 e. The maximum absolute atomic E-state index is 12.1. The Morgan fingerprint density at radius 2 is 1.74 bits per heavy atom. The molecule has 5 heteroatoms. The minimum Gasteiger partial charge on any atom is -0.356 e. The molecule has 0 spiro atoms. The third-order valence-electron chi connectivity index (χ3n) is 5.13. The van der Waals surface area contributed by atoms with Gasteiger partial charge in [-0.2, -0.15) is 0 Å². The zero-order chi connectivity index (χ0) is 18.6. The van der Waals surface area contributed by atoms with E-state index in [0.29, 0.717) is 6.54 Å². The standard InChI is InChI=1S/C22H24N4O/c1-2-23-22(27)17-12-14-26(15-13-17)21-18-10-6-7-11-19(18)24-20(25-21)16-8-4-3-5-9-16/h3-11,17H,2,12-15H2,1H3,(H,23,27). The van der Waals surface area contributed by atoms with Gasteiger partial charge in [-0.05, 0) is 31.9 Å². The van der Waals surface area contributed by atoms with Gasteiger partial charge in [0.05, 0.1) is 5.52 Å². The molecule has 1 saturated heterocycles. The molecule has 0 saturated carbocycles. The highest BCUT2D eigenvalue weighted by Crippen LogP contribution is 2.30. The monoisotopic (exact) mass is 360 g/mol. The number of benzene rings is 2. The van der Waals surface area contributed by atoms with Gasteiger partial charge in [-0.3, -0.25) is 4.79 Å². The van der Waals surface area contributed by atoms with Crippen LogP contribution in [0.25, 0.3) is 22.3 Å². The summed E-state index contributed by atoms with van der Waals surface area (Å²) in [4.78, 5) is 24.1. The first-order valence-electron chi connectivity index (χ1n) is 9.61. The molecule has 0 radical (unpaired) electrons. The molecule has 1 aliphatic heterocycles. The topological polar surface area (TPSA) is 58.1 Å². The van der Waals surface area contributed by atoms with E-state index >= 15 is 0 Å². The SMILES string of the molecule is CCNC(=O)C1CCN(c2nc(-c3ccccc3)nc3ccccc23)CC1. The largest absolute Gasteiger partial charge is 0.356 e. The van der Waals surface area contributed by atoms with Gasteiger partial charge in [0.15, 0.2) is 5.82 Å². The van der Waals surface area contributed by atoms with Crippen molar-refractivity contribution in [2.24, 2.45) is 5.92 Å². The summed E-state index contributed by atoms with van der Waals surface area (Å²) in [5.41, 5.74) is 1.97.